The third kappa shape index (κ3) is 4.51. The molecule has 2 aromatic carbocycles. The van der Waals surface area contributed by atoms with Crippen LogP contribution in [-0.2, 0) is 10.5 Å². The molecule has 4 nitrogen and oxygen atoms in total. The van der Waals surface area contributed by atoms with Crippen molar-refractivity contribution in [1.29, 1.82) is 0 Å². The molecule has 2 N–H and O–H groups in total. The van der Waals surface area contributed by atoms with Crippen molar-refractivity contribution < 1.29 is 4.79 Å². The topological polar surface area (TPSA) is 62.0 Å². The van der Waals surface area contributed by atoms with Crippen molar-refractivity contribution in [1.82, 2.24) is 4.98 Å². The number of carbonyl (C=O) groups excluding carboxylic acids is 1. The summed E-state index contributed by atoms with van der Waals surface area (Å²) in [6.07, 6.45) is 0. The molecule has 3 aromatic rings. The van der Waals surface area contributed by atoms with E-state index in [9.17, 15) is 9.59 Å². The van der Waals surface area contributed by atoms with E-state index in [1.165, 1.54) is 11.8 Å². The summed E-state index contributed by atoms with van der Waals surface area (Å²) in [6, 6.07) is 15.1. The number of amides is 1. The monoisotopic (exact) mass is 352 g/mol. The van der Waals surface area contributed by atoms with E-state index >= 15 is 0 Å². The van der Waals surface area contributed by atoms with Gasteiger partial charge in [0.25, 0.3) is 0 Å². The van der Waals surface area contributed by atoms with E-state index in [2.05, 4.69) is 10.3 Å². The van der Waals surface area contributed by atoms with Crippen LogP contribution in [0, 0.1) is 13.8 Å². The second-order valence-corrected chi connectivity index (χ2v) is 7.10. The Balaban J connectivity index is 1.59. The molecule has 25 heavy (non-hydrogen) atoms. The lowest BCUT2D eigenvalue weighted by Crippen LogP contribution is -2.14. The number of carbonyl (C=O) groups is 1. The Bertz CT molecular complexity index is 962. The Morgan fingerprint density at radius 3 is 2.52 bits per heavy atom. The van der Waals surface area contributed by atoms with Crippen molar-refractivity contribution in [3.8, 4) is 0 Å². The molecular weight excluding hydrogens is 332 g/mol. The van der Waals surface area contributed by atoms with Crippen LogP contribution in [0.1, 0.15) is 16.8 Å². The van der Waals surface area contributed by atoms with Gasteiger partial charge in [0, 0.05) is 34.1 Å². The Kier molecular flexibility index (Phi) is 5.24. The lowest BCUT2D eigenvalue weighted by atomic mass is 10.1. The number of H-pyrrole nitrogens is 1. The average molecular weight is 352 g/mol. The fraction of sp³-hybridized carbons (Fsp3) is 0.200. The minimum absolute atomic E-state index is 0.0113. The van der Waals surface area contributed by atoms with Crippen molar-refractivity contribution in [3.63, 3.8) is 0 Å². The van der Waals surface area contributed by atoms with Crippen LogP contribution in [0.3, 0.4) is 0 Å². The molecule has 5 heteroatoms. The summed E-state index contributed by atoms with van der Waals surface area (Å²) in [4.78, 5) is 27.5. The molecule has 128 valence electrons. The van der Waals surface area contributed by atoms with Crippen LogP contribution < -0.4 is 10.7 Å². The Hall–Kier alpha value is -2.53. The van der Waals surface area contributed by atoms with Crippen LogP contribution in [0.15, 0.2) is 53.3 Å². The van der Waals surface area contributed by atoms with Gasteiger partial charge >= 0.3 is 0 Å². The molecule has 0 fully saturated rings. The maximum absolute atomic E-state index is 12.2. The summed E-state index contributed by atoms with van der Waals surface area (Å²) in [6.45, 7) is 3.97. The zero-order valence-electron chi connectivity index (χ0n) is 14.3. The highest BCUT2D eigenvalue weighted by Gasteiger charge is 2.06. The van der Waals surface area contributed by atoms with E-state index in [1.807, 2.05) is 56.3 Å². The van der Waals surface area contributed by atoms with Crippen molar-refractivity contribution in [2.45, 2.75) is 19.6 Å². The highest BCUT2D eigenvalue weighted by Crippen LogP contribution is 2.15. The number of benzene rings is 2. The maximum atomic E-state index is 12.2. The molecule has 0 aliphatic carbocycles. The van der Waals surface area contributed by atoms with Gasteiger partial charge in [0.1, 0.15) is 0 Å². The lowest BCUT2D eigenvalue weighted by molar-refractivity contribution is -0.113. The van der Waals surface area contributed by atoms with Gasteiger partial charge in [-0.25, -0.2) is 0 Å². The van der Waals surface area contributed by atoms with E-state index in [0.29, 0.717) is 16.9 Å². The second-order valence-electron chi connectivity index (χ2n) is 6.11. The zero-order chi connectivity index (χ0) is 17.8. The number of nitrogens with one attached hydrogen (secondary N) is 2. The van der Waals surface area contributed by atoms with Gasteiger partial charge in [-0.15, -0.1) is 11.8 Å². The first kappa shape index (κ1) is 17.3. The molecular formula is C20H20N2O2S. The van der Waals surface area contributed by atoms with Gasteiger partial charge in [0.2, 0.25) is 5.91 Å². The number of aryl methyl sites for hydroxylation is 2. The summed E-state index contributed by atoms with van der Waals surface area (Å²) in [5, 5.41) is 3.57. The number of aromatic amines is 1. The van der Waals surface area contributed by atoms with Gasteiger partial charge in [0.15, 0.2) is 5.43 Å². The summed E-state index contributed by atoms with van der Waals surface area (Å²) in [5.74, 6) is 0.870. The number of hydrogen-bond donors (Lipinski definition) is 2. The molecule has 0 saturated heterocycles. The molecule has 1 aromatic heterocycles. The highest BCUT2D eigenvalue weighted by atomic mass is 32.2. The number of rotatable bonds is 5. The van der Waals surface area contributed by atoms with Crippen LogP contribution in [0.4, 0.5) is 5.69 Å². The van der Waals surface area contributed by atoms with Crippen molar-refractivity contribution in [2.75, 3.05) is 11.1 Å². The van der Waals surface area contributed by atoms with Crippen LogP contribution in [-0.4, -0.2) is 16.6 Å². The Morgan fingerprint density at radius 2 is 1.76 bits per heavy atom. The first-order valence-electron chi connectivity index (χ1n) is 8.08. The van der Waals surface area contributed by atoms with Gasteiger partial charge in [0.05, 0.1) is 5.75 Å². The molecule has 1 heterocycles. The van der Waals surface area contributed by atoms with Gasteiger partial charge < -0.3 is 10.3 Å². The molecule has 0 spiro atoms. The Morgan fingerprint density at radius 1 is 1.04 bits per heavy atom. The molecule has 0 aliphatic heterocycles. The summed E-state index contributed by atoms with van der Waals surface area (Å²) in [7, 11) is 0. The molecule has 0 radical (unpaired) electrons. The van der Waals surface area contributed by atoms with E-state index in [-0.39, 0.29) is 11.3 Å². The molecule has 3 rings (SSSR count). The van der Waals surface area contributed by atoms with Crippen LogP contribution in [0.25, 0.3) is 10.9 Å². The molecule has 1 amide bonds. The van der Waals surface area contributed by atoms with Crippen molar-refractivity contribution >= 4 is 34.3 Å². The number of hydrogen-bond acceptors (Lipinski definition) is 3. The summed E-state index contributed by atoms with van der Waals surface area (Å²) >= 11 is 1.48. The fourth-order valence-electron chi connectivity index (χ4n) is 2.58. The molecule has 0 atom stereocenters. The zero-order valence-corrected chi connectivity index (χ0v) is 15.1. The predicted molar refractivity (Wildman–Crippen MR) is 105 cm³/mol. The maximum Gasteiger partial charge on any atom is 0.234 e. The average Bonchev–Trinajstić information content (AvgIpc) is 2.58. The highest BCUT2D eigenvalue weighted by molar-refractivity contribution is 7.99. The van der Waals surface area contributed by atoms with E-state index < -0.39 is 0 Å². The van der Waals surface area contributed by atoms with Gasteiger partial charge in [-0.1, -0.05) is 29.3 Å². The molecule has 0 saturated carbocycles. The van der Waals surface area contributed by atoms with Gasteiger partial charge in [-0.3, -0.25) is 9.59 Å². The minimum Gasteiger partial charge on any atom is -0.357 e. The minimum atomic E-state index is -0.0485. The third-order valence-corrected chi connectivity index (χ3v) is 4.85. The first-order chi connectivity index (χ1) is 12.0. The third-order valence-electron chi connectivity index (χ3n) is 3.87. The molecule has 0 unspecified atom stereocenters. The van der Waals surface area contributed by atoms with Crippen molar-refractivity contribution in [2.24, 2.45) is 0 Å². The molecule has 0 bridgehead atoms. The summed E-state index contributed by atoms with van der Waals surface area (Å²) in [5.41, 5.74) is 4.69. The van der Waals surface area contributed by atoms with Gasteiger partial charge in [-0.2, -0.15) is 0 Å². The Labute approximate surface area is 150 Å². The number of anilines is 1. The number of aromatic nitrogens is 1. The summed E-state index contributed by atoms with van der Waals surface area (Å²) < 4.78 is 0. The predicted octanol–water partition coefficient (Wildman–Crippen LogP) is 4.02. The van der Waals surface area contributed by atoms with Crippen molar-refractivity contribution in [3.05, 3.63) is 75.6 Å². The van der Waals surface area contributed by atoms with E-state index in [4.69, 9.17) is 0 Å². The second kappa shape index (κ2) is 7.57. The largest absolute Gasteiger partial charge is 0.357 e. The standard InChI is InChI=1S/C20H20N2O2S/c1-13-3-6-15(7-4-13)22-20(24)12-25-11-16-10-19(23)17-9-14(2)5-8-18(17)21-16/h3-10H,11-12H2,1-2H3,(H,21,23)(H,22,24). The molecule has 0 aliphatic rings. The normalized spacial score (nSPS) is 10.8. The number of pyridine rings is 1. The van der Waals surface area contributed by atoms with E-state index in [0.717, 1.165) is 28.0 Å². The quantitative estimate of drug-likeness (QED) is 0.729. The smallest absolute Gasteiger partial charge is 0.234 e. The lowest BCUT2D eigenvalue weighted by Gasteiger charge is -2.07. The fourth-order valence-corrected chi connectivity index (χ4v) is 3.32. The van der Waals surface area contributed by atoms with Crippen LogP contribution >= 0.6 is 11.8 Å². The number of fused-ring (bicyclic) bond motifs is 1. The number of thioether (sulfide) groups is 1. The van der Waals surface area contributed by atoms with Crippen LogP contribution in [0.2, 0.25) is 0 Å². The SMILES string of the molecule is Cc1ccc(NC(=O)CSCc2cc(=O)c3cc(C)ccc3[nH]2)cc1. The van der Waals surface area contributed by atoms with Crippen LogP contribution in [0.5, 0.6) is 0 Å². The first-order valence-corrected chi connectivity index (χ1v) is 9.23. The van der Waals surface area contributed by atoms with Gasteiger partial charge in [-0.05, 0) is 38.1 Å². The van der Waals surface area contributed by atoms with E-state index in [1.54, 1.807) is 6.07 Å².